The molecule has 1 N–H and O–H groups in total. The van der Waals surface area contributed by atoms with Crippen LogP contribution in [-0.2, 0) is 20.0 Å². The first-order chi connectivity index (χ1) is 9.67. The minimum atomic E-state index is 0.625. The fraction of sp³-hybridized carbons (Fsp3) is 0.800. The van der Waals surface area contributed by atoms with Crippen LogP contribution in [0.1, 0.15) is 44.5 Å². The second-order valence-corrected chi connectivity index (χ2v) is 5.99. The maximum atomic E-state index is 6.48. The van der Waals surface area contributed by atoms with Gasteiger partial charge < -0.3 is 5.32 Å². The molecule has 1 fully saturated rings. The molecule has 4 nitrogen and oxygen atoms in total. The average molecular weight is 299 g/mol. The summed E-state index contributed by atoms with van der Waals surface area (Å²) in [5.41, 5.74) is 2.18. The van der Waals surface area contributed by atoms with E-state index in [0.717, 1.165) is 42.5 Å². The van der Waals surface area contributed by atoms with E-state index in [1.807, 2.05) is 11.7 Å². The van der Waals surface area contributed by atoms with Crippen molar-refractivity contribution in [3.63, 3.8) is 0 Å². The molecule has 1 aliphatic heterocycles. The molecule has 0 saturated carbocycles. The molecule has 0 radical (unpaired) electrons. The van der Waals surface area contributed by atoms with Crippen molar-refractivity contribution in [3.8, 4) is 0 Å². The number of aromatic nitrogens is 2. The quantitative estimate of drug-likeness (QED) is 0.876. The van der Waals surface area contributed by atoms with Crippen molar-refractivity contribution >= 4 is 11.6 Å². The van der Waals surface area contributed by atoms with Gasteiger partial charge in [-0.3, -0.25) is 9.58 Å². The van der Waals surface area contributed by atoms with Gasteiger partial charge in [0.1, 0.15) is 0 Å². The fourth-order valence-corrected chi connectivity index (χ4v) is 3.35. The SMILES string of the molecule is CCNCC1CCCCN1Cc1c(Cl)c(CC)nn1C. The zero-order valence-electron chi connectivity index (χ0n) is 13.0. The highest BCUT2D eigenvalue weighted by molar-refractivity contribution is 6.31. The van der Waals surface area contributed by atoms with Gasteiger partial charge in [0.25, 0.3) is 0 Å². The highest BCUT2D eigenvalue weighted by atomic mass is 35.5. The first-order valence-electron chi connectivity index (χ1n) is 7.82. The Balaban J connectivity index is 2.08. The van der Waals surface area contributed by atoms with Crippen LogP contribution in [0.15, 0.2) is 0 Å². The third-order valence-electron chi connectivity index (χ3n) is 4.23. The molecular weight excluding hydrogens is 272 g/mol. The molecule has 1 aromatic rings. The first kappa shape index (κ1) is 15.8. The minimum Gasteiger partial charge on any atom is -0.315 e. The summed E-state index contributed by atoms with van der Waals surface area (Å²) in [4.78, 5) is 2.56. The summed E-state index contributed by atoms with van der Waals surface area (Å²) in [6.45, 7) is 8.46. The normalized spacial score (nSPS) is 20.5. The van der Waals surface area contributed by atoms with Crippen molar-refractivity contribution in [2.45, 2.75) is 52.1 Å². The summed E-state index contributed by atoms with van der Waals surface area (Å²) in [7, 11) is 2.00. The van der Waals surface area contributed by atoms with Gasteiger partial charge in [-0.15, -0.1) is 0 Å². The minimum absolute atomic E-state index is 0.625. The molecule has 20 heavy (non-hydrogen) atoms. The van der Waals surface area contributed by atoms with Crippen LogP contribution < -0.4 is 5.32 Å². The highest BCUT2D eigenvalue weighted by Crippen LogP contribution is 2.25. The molecule has 0 bridgehead atoms. The van der Waals surface area contributed by atoms with Crippen molar-refractivity contribution in [1.29, 1.82) is 0 Å². The number of hydrogen-bond acceptors (Lipinski definition) is 3. The van der Waals surface area contributed by atoms with Gasteiger partial charge in [-0.2, -0.15) is 5.10 Å². The molecule has 0 spiro atoms. The van der Waals surface area contributed by atoms with Crippen LogP contribution in [0.5, 0.6) is 0 Å². The molecule has 0 amide bonds. The molecule has 0 aromatic carbocycles. The van der Waals surface area contributed by atoms with Gasteiger partial charge >= 0.3 is 0 Å². The Morgan fingerprint density at radius 2 is 2.15 bits per heavy atom. The zero-order chi connectivity index (χ0) is 14.5. The van der Waals surface area contributed by atoms with Gasteiger partial charge in [0.2, 0.25) is 0 Å². The van der Waals surface area contributed by atoms with Crippen LogP contribution in [0.25, 0.3) is 0 Å². The molecule has 1 saturated heterocycles. The maximum absolute atomic E-state index is 6.48. The van der Waals surface area contributed by atoms with Gasteiger partial charge in [0.15, 0.2) is 0 Å². The van der Waals surface area contributed by atoms with Crippen molar-refractivity contribution < 1.29 is 0 Å². The Morgan fingerprint density at radius 3 is 2.80 bits per heavy atom. The monoisotopic (exact) mass is 298 g/mol. The Labute approximate surface area is 127 Å². The number of likely N-dealkylation sites (N-methyl/N-ethyl adjacent to an activating group) is 1. The Kier molecular flexibility index (Phi) is 5.87. The number of nitrogens with zero attached hydrogens (tertiary/aromatic N) is 3. The van der Waals surface area contributed by atoms with Crippen molar-refractivity contribution in [2.24, 2.45) is 7.05 Å². The fourth-order valence-electron chi connectivity index (χ4n) is 2.99. The predicted molar refractivity (Wildman–Crippen MR) is 84.2 cm³/mol. The smallest absolute Gasteiger partial charge is 0.0863 e. The van der Waals surface area contributed by atoms with Gasteiger partial charge in [0.05, 0.1) is 16.4 Å². The van der Waals surface area contributed by atoms with Gasteiger partial charge in [-0.1, -0.05) is 31.9 Å². The average Bonchev–Trinajstić information content (AvgIpc) is 2.73. The van der Waals surface area contributed by atoms with Crippen LogP contribution in [-0.4, -0.2) is 40.4 Å². The summed E-state index contributed by atoms with van der Waals surface area (Å²) in [5.74, 6) is 0. The van der Waals surface area contributed by atoms with Crippen LogP contribution in [0, 0.1) is 0 Å². The summed E-state index contributed by atoms with van der Waals surface area (Å²) >= 11 is 6.48. The van der Waals surface area contributed by atoms with E-state index < -0.39 is 0 Å². The maximum Gasteiger partial charge on any atom is 0.0863 e. The van der Waals surface area contributed by atoms with Crippen LogP contribution >= 0.6 is 11.6 Å². The molecule has 114 valence electrons. The molecule has 2 rings (SSSR count). The molecule has 5 heteroatoms. The lowest BCUT2D eigenvalue weighted by molar-refractivity contribution is 0.135. The Hall–Kier alpha value is -0.580. The van der Waals surface area contributed by atoms with E-state index >= 15 is 0 Å². The lowest BCUT2D eigenvalue weighted by Crippen LogP contribution is -2.45. The summed E-state index contributed by atoms with van der Waals surface area (Å²) < 4.78 is 1.96. The van der Waals surface area contributed by atoms with Crippen LogP contribution in [0.2, 0.25) is 5.02 Å². The highest BCUT2D eigenvalue weighted by Gasteiger charge is 2.24. The van der Waals surface area contributed by atoms with Gasteiger partial charge in [0, 0.05) is 26.2 Å². The third-order valence-corrected chi connectivity index (χ3v) is 4.67. The largest absolute Gasteiger partial charge is 0.315 e. The summed E-state index contributed by atoms with van der Waals surface area (Å²) in [6.07, 6.45) is 4.81. The molecule has 0 aliphatic carbocycles. The lowest BCUT2D eigenvalue weighted by atomic mass is 10.0. The molecule has 1 unspecified atom stereocenters. The van der Waals surface area contributed by atoms with E-state index in [2.05, 4.69) is 29.2 Å². The van der Waals surface area contributed by atoms with E-state index in [1.165, 1.54) is 25.8 Å². The predicted octanol–water partition coefficient (Wildman–Crippen LogP) is 2.60. The standard InChI is InChI=1S/C15H27ClN4/c1-4-13-15(16)14(19(3)18-13)11-20-9-7-6-8-12(20)10-17-5-2/h12,17H,4-11H2,1-3H3. The molecule has 1 aliphatic rings. The molecule has 1 aromatic heterocycles. The van der Waals surface area contributed by atoms with E-state index in [4.69, 9.17) is 11.6 Å². The number of rotatable bonds is 6. The van der Waals surface area contributed by atoms with Crippen molar-refractivity contribution in [2.75, 3.05) is 19.6 Å². The molecular formula is C15H27ClN4. The number of nitrogens with one attached hydrogen (secondary N) is 1. The number of likely N-dealkylation sites (tertiary alicyclic amines) is 1. The second kappa shape index (κ2) is 7.43. The lowest BCUT2D eigenvalue weighted by Gasteiger charge is -2.35. The third kappa shape index (κ3) is 3.54. The Bertz CT molecular complexity index is 430. The van der Waals surface area contributed by atoms with Gasteiger partial charge in [-0.25, -0.2) is 0 Å². The van der Waals surface area contributed by atoms with E-state index in [1.54, 1.807) is 0 Å². The second-order valence-electron chi connectivity index (χ2n) is 5.61. The van der Waals surface area contributed by atoms with Crippen LogP contribution in [0.3, 0.4) is 0 Å². The molecule has 1 atom stereocenters. The summed E-state index contributed by atoms with van der Waals surface area (Å²) in [6, 6.07) is 0.625. The van der Waals surface area contributed by atoms with Crippen LogP contribution in [0.4, 0.5) is 0 Å². The van der Waals surface area contributed by atoms with E-state index in [0.29, 0.717) is 6.04 Å². The number of hydrogen-bond donors (Lipinski definition) is 1. The van der Waals surface area contributed by atoms with Gasteiger partial charge in [-0.05, 0) is 32.4 Å². The number of aryl methyl sites for hydroxylation is 2. The number of halogens is 1. The van der Waals surface area contributed by atoms with Crippen molar-refractivity contribution in [3.05, 3.63) is 16.4 Å². The first-order valence-corrected chi connectivity index (χ1v) is 8.20. The van der Waals surface area contributed by atoms with E-state index in [-0.39, 0.29) is 0 Å². The summed E-state index contributed by atoms with van der Waals surface area (Å²) in [5, 5.41) is 8.87. The Morgan fingerprint density at radius 1 is 1.35 bits per heavy atom. The van der Waals surface area contributed by atoms with Crippen molar-refractivity contribution in [1.82, 2.24) is 20.0 Å². The van der Waals surface area contributed by atoms with E-state index in [9.17, 15) is 0 Å². The molecule has 2 heterocycles. The topological polar surface area (TPSA) is 33.1 Å². The number of piperidine rings is 1. The zero-order valence-corrected chi connectivity index (χ0v) is 13.7.